The van der Waals surface area contributed by atoms with Gasteiger partial charge in [-0.2, -0.15) is 4.98 Å². The van der Waals surface area contributed by atoms with Crippen LogP contribution in [0.3, 0.4) is 0 Å². The smallest absolute Gasteiger partial charge is 0.302 e. The molecular formula is C22H25N5O4. The monoisotopic (exact) mass is 423 g/mol. The molecule has 1 amide bonds. The number of anilines is 2. The van der Waals surface area contributed by atoms with E-state index in [9.17, 15) is 4.79 Å². The summed E-state index contributed by atoms with van der Waals surface area (Å²) in [5.41, 5.74) is 3.46. The largest absolute Gasteiger partial charge is 0.493 e. The normalized spacial score (nSPS) is 11.2. The van der Waals surface area contributed by atoms with Crippen molar-refractivity contribution in [3.8, 4) is 5.75 Å². The molecule has 0 bridgehead atoms. The first-order valence-electron chi connectivity index (χ1n) is 10.1. The molecule has 0 atom stereocenters. The Kier molecular flexibility index (Phi) is 6.03. The van der Waals surface area contributed by atoms with Crippen LogP contribution in [0.15, 0.2) is 40.8 Å². The second-order valence-electron chi connectivity index (χ2n) is 7.07. The number of fused-ring (bicyclic) bond motifs is 2. The van der Waals surface area contributed by atoms with Crippen LogP contribution < -0.4 is 15.4 Å². The second kappa shape index (κ2) is 9.05. The Hall–Kier alpha value is -3.59. The molecule has 0 unspecified atom stereocenters. The van der Waals surface area contributed by atoms with Crippen LogP contribution in [0.5, 0.6) is 5.75 Å². The molecule has 9 nitrogen and oxygen atoms in total. The lowest BCUT2D eigenvalue weighted by Crippen LogP contribution is -2.26. The average molecular weight is 423 g/mol. The van der Waals surface area contributed by atoms with Crippen LogP contribution in [-0.4, -0.2) is 47.3 Å². The molecule has 9 heteroatoms. The summed E-state index contributed by atoms with van der Waals surface area (Å²) >= 11 is 0. The van der Waals surface area contributed by atoms with Gasteiger partial charge in [0.2, 0.25) is 5.95 Å². The highest BCUT2D eigenvalue weighted by atomic mass is 16.5. The van der Waals surface area contributed by atoms with Gasteiger partial charge in [0.05, 0.1) is 24.2 Å². The Bertz CT molecular complexity index is 1210. The Labute approximate surface area is 179 Å². The summed E-state index contributed by atoms with van der Waals surface area (Å²) in [6, 6.07) is 11.3. The molecule has 0 aliphatic carbocycles. The number of imidazole rings is 1. The molecule has 4 aromatic rings. The van der Waals surface area contributed by atoms with Crippen molar-refractivity contribution in [3.05, 3.63) is 42.0 Å². The Morgan fingerprint density at radius 1 is 1.13 bits per heavy atom. The number of oxazole rings is 1. The number of benzene rings is 2. The lowest BCUT2D eigenvalue weighted by Gasteiger charge is -2.04. The standard InChI is InChI=1S/C22H25N5O4/c1-4-10-30-15-6-7-16-19(13-15)31-22(25-16)26-21-24-17-12-14(5-8-18(17)27(21)2)20(28)23-9-11-29-3/h5-8,12-13H,4,9-11H2,1-3H3,(H,23,28)(H,24,25,26). The zero-order chi connectivity index (χ0) is 21.8. The van der Waals surface area contributed by atoms with Crippen molar-refractivity contribution in [1.82, 2.24) is 19.9 Å². The van der Waals surface area contributed by atoms with Crippen LogP contribution in [-0.2, 0) is 11.8 Å². The molecule has 0 spiro atoms. The number of ether oxygens (including phenoxy) is 2. The van der Waals surface area contributed by atoms with Crippen LogP contribution in [0.4, 0.5) is 12.0 Å². The topological polar surface area (TPSA) is 103 Å². The van der Waals surface area contributed by atoms with Crippen LogP contribution in [0, 0.1) is 0 Å². The molecule has 0 saturated carbocycles. The second-order valence-corrected chi connectivity index (χ2v) is 7.07. The first-order valence-corrected chi connectivity index (χ1v) is 10.1. The summed E-state index contributed by atoms with van der Waals surface area (Å²) in [4.78, 5) is 21.3. The van der Waals surface area contributed by atoms with Gasteiger partial charge >= 0.3 is 6.01 Å². The SMILES string of the molecule is CCCOc1ccc2nc(Nc3nc4cc(C(=O)NCCOC)ccc4n3C)oc2c1. The minimum atomic E-state index is -0.167. The highest BCUT2D eigenvalue weighted by Gasteiger charge is 2.14. The van der Waals surface area contributed by atoms with Crippen molar-refractivity contribution in [2.24, 2.45) is 7.05 Å². The van der Waals surface area contributed by atoms with Gasteiger partial charge in [0.15, 0.2) is 5.58 Å². The van der Waals surface area contributed by atoms with Gasteiger partial charge in [-0.05, 0) is 36.8 Å². The molecular weight excluding hydrogens is 398 g/mol. The van der Waals surface area contributed by atoms with Gasteiger partial charge < -0.3 is 23.8 Å². The van der Waals surface area contributed by atoms with E-state index in [1.165, 1.54) is 0 Å². The molecule has 2 aromatic heterocycles. The highest BCUT2D eigenvalue weighted by Crippen LogP contribution is 2.27. The third kappa shape index (κ3) is 4.46. The zero-order valence-corrected chi connectivity index (χ0v) is 17.8. The van der Waals surface area contributed by atoms with E-state index in [0.717, 1.165) is 23.2 Å². The maximum Gasteiger partial charge on any atom is 0.302 e. The summed E-state index contributed by atoms with van der Waals surface area (Å²) < 4.78 is 18.3. The van der Waals surface area contributed by atoms with E-state index in [0.29, 0.717) is 48.4 Å². The molecule has 0 aliphatic rings. The summed E-state index contributed by atoms with van der Waals surface area (Å²) in [6.45, 7) is 3.62. The number of carbonyl (C=O) groups excluding carboxylic acids is 1. The van der Waals surface area contributed by atoms with Gasteiger partial charge in [-0.25, -0.2) is 4.98 Å². The van der Waals surface area contributed by atoms with E-state index in [1.807, 2.05) is 35.9 Å². The van der Waals surface area contributed by atoms with E-state index in [2.05, 4.69) is 27.5 Å². The number of aryl methyl sites for hydroxylation is 1. The Morgan fingerprint density at radius 2 is 2.00 bits per heavy atom. The lowest BCUT2D eigenvalue weighted by atomic mass is 10.2. The fourth-order valence-electron chi connectivity index (χ4n) is 3.19. The van der Waals surface area contributed by atoms with E-state index in [-0.39, 0.29) is 5.91 Å². The maximum absolute atomic E-state index is 12.3. The van der Waals surface area contributed by atoms with Crippen LogP contribution in [0.1, 0.15) is 23.7 Å². The minimum absolute atomic E-state index is 0.167. The number of hydrogen-bond acceptors (Lipinski definition) is 7. The average Bonchev–Trinajstić information content (AvgIpc) is 3.31. The molecule has 4 rings (SSSR count). The zero-order valence-electron chi connectivity index (χ0n) is 17.8. The van der Waals surface area contributed by atoms with Gasteiger partial charge in [-0.3, -0.25) is 10.1 Å². The number of hydrogen-bond donors (Lipinski definition) is 2. The highest BCUT2D eigenvalue weighted by molar-refractivity contribution is 5.97. The van der Waals surface area contributed by atoms with E-state index in [1.54, 1.807) is 19.2 Å². The molecule has 0 radical (unpaired) electrons. The number of methoxy groups -OCH3 is 1. The molecule has 2 N–H and O–H groups in total. The fraction of sp³-hybridized carbons (Fsp3) is 0.318. The van der Waals surface area contributed by atoms with Crippen molar-refractivity contribution >= 4 is 40.0 Å². The van der Waals surface area contributed by atoms with Crippen molar-refractivity contribution in [2.45, 2.75) is 13.3 Å². The van der Waals surface area contributed by atoms with Gasteiger partial charge in [0.1, 0.15) is 11.3 Å². The Morgan fingerprint density at radius 3 is 2.81 bits per heavy atom. The summed E-state index contributed by atoms with van der Waals surface area (Å²) in [5.74, 6) is 1.14. The summed E-state index contributed by atoms with van der Waals surface area (Å²) in [7, 11) is 3.48. The van der Waals surface area contributed by atoms with Crippen molar-refractivity contribution in [1.29, 1.82) is 0 Å². The molecule has 0 fully saturated rings. The third-order valence-corrected chi connectivity index (χ3v) is 4.79. The van der Waals surface area contributed by atoms with E-state index < -0.39 is 0 Å². The van der Waals surface area contributed by atoms with Gasteiger partial charge in [-0.1, -0.05) is 6.92 Å². The van der Waals surface area contributed by atoms with Crippen LogP contribution in [0.25, 0.3) is 22.1 Å². The minimum Gasteiger partial charge on any atom is -0.493 e. The molecule has 162 valence electrons. The number of carbonyl (C=O) groups is 1. The summed E-state index contributed by atoms with van der Waals surface area (Å²) in [6.07, 6.45) is 0.935. The third-order valence-electron chi connectivity index (χ3n) is 4.79. The number of nitrogens with one attached hydrogen (secondary N) is 2. The molecule has 0 aliphatic heterocycles. The van der Waals surface area contributed by atoms with Gasteiger partial charge in [0, 0.05) is 32.3 Å². The van der Waals surface area contributed by atoms with E-state index >= 15 is 0 Å². The summed E-state index contributed by atoms with van der Waals surface area (Å²) in [5, 5.41) is 5.93. The number of nitrogens with zero attached hydrogens (tertiary/aromatic N) is 3. The first kappa shape index (κ1) is 20.7. The van der Waals surface area contributed by atoms with Crippen molar-refractivity contribution in [3.63, 3.8) is 0 Å². The van der Waals surface area contributed by atoms with Gasteiger partial charge in [-0.15, -0.1) is 0 Å². The quantitative estimate of drug-likeness (QED) is 0.396. The number of aromatic nitrogens is 3. The Balaban J connectivity index is 1.55. The predicted octanol–water partition coefficient (Wildman–Crippen LogP) is 3.62. The number of rotatable bonds is 9. The fourth-order valence-corrected chi connectivity index (χ4v) is 3.19. The molecule has 31 heavy (non-hydrogen) atoms. The molecule has 0 saturated heterocycles. The van der Waals surface area contributed by atoms with Gasteiger partial charge in [0.25, 0.3) is 5.91 Å². The van der Waals surface area contributed by atoms with Crippen molar-refractivity contribution < 1.29 is 18.7 Å². The molecule has 2 heterocycles. The van der Waals surface area contributed by atoms with Crippen LogP contribution >= 0.6 is 0 Å². The first-order chi connectivity index (χ1) is 15.1. The number of amides is 1. The predicted molar refractivity (Wildman–Crippen MR) is 118 cm³/mol. The van der Waals surface area contributed by atoms with Crippen molar-refractivity contribution in [2.75, 3.05) is 32.2 Å². The van der Waals surface area contributed by atoms with E-state index in [4.69, 9.17) is 13.9 Å². The van der Waals surface area contributed by atoms with Crippen LogP contribution in [0.2, 0.25) is 0 Å². The maximum atomic E-state index is 12.3. The molecule has 2 aromatic carbocycles. The lowest BCUT2D eigenvalue weighted by molar-refractivity contribution is 0.0937.